The van der Waals surface area contributed by atoms with E-state index in [1.54, 1.807) is 12.3 Å². The van der Waals surface area contributed by atoms with Gasteiger partial charge in [0.05, 0.1) is 18.8 Å². The maximum atomic E-state index is 11.8. The summed E-state index contributed by atoms with van der Waals surface area (Å²) in [6.07, 6.45) is 2.20. The van der Waals surface area contributed by atoms with E-state index in [2.05, 4.69) is 10.3 Å². The molecule has 0 radical (unpaired) electrons. The molecule has 0 unspecified atom stereocenters. The third kappa shape index (κ3) is 3.10. The van der Waals surface area contributed by atoms with Gasteiger partial charge in [-0.05, 0) is 12.5 Å². The van der Waals surface area contributed by atoms with Crippen molar-refractivity contribution in [3.05, 3.63) is 12.3 Å². The summed E-state index contributed by atoms with van der Waals surface area (Å²) >= 11 is 0. The van der Waals surface area contributed by atoms with Gasteiger partial charge < -0.3 is 20.7 Å². The average Bonchev–Trinajstić information content (AvgIpc) is 2.37. The topological polar surface area (TPSA) is 80.5 Å². The van der Waals surface area contributed by atoms with Crippen molar-refractivity contribution in [2.75, 3.05) is 31.4 Å². The first-order chi connectivity index (χ1) is 8.51. The number of nitrogens with two attached hydrogens (primary N) is 1. The Morgan fingerprint density at radius 2 is 2.28 bits per heavy atom. The summed E-state index contributed by atoms with van der Waals surface area (Å²) in [6.45, 7) is 1.86. The van der Waals surface area contributed by atoms with E-state index in [1.807, 2.05) is 25.9 Å². The van der Waals surface area contributed by atoms with Crippen LogP contribution in [-0.4, -0.2) is 38.1 Å². The Labute approximate surface area is 107 Å². The Morgan fingerprint density at radius 3 is 2.78 bits per heavy atom. The van der Waals surface area contributed by atoms with Crippen molar-refractivity contribution in [2.45, 2.75) is 19.4 Å². The van der Waals surface area contributed by atoms with Gasteiger partial charge in [-0.2, -0.15) is 0 Å². The highest BCUT2D eigenvalue weighted by Gasteiger charge is 2.18. The predicted octanol–water partition coefficient (Wildman–Crippen LogP) is 0.832. The van der Waals surface area contributed by atoms with Crippen molar-refractivity contribution in [3.63, 3.8) is 0 Å². The van der Waals surface area contributed by atoms with Crippen LogP contribution in [0.15, 0.2) is 12.3 Å². The first-order valence-electron chi connectivity index (χ1n) is 5.78. The number of ether oxygens (including phenoxy) is 1. The second-order valence-corrected chi connectivity index (χ2v) is 4.11. The molecule has 0 aromatic carbocycles. The molecule has 1 atom stereocenters. The van der Waals surface area contributed by atoms with Crippen molar-refractivity contribution in [1.29, 1.82) is 0 Å². The molecule has 18 heavy (non-hydrogen) atoms. The van der Waals surface area contributed by atoms with Crippen LogP contribution in [0, 0.1) is 0 Å². The summed E-state index contributed by atoms with van der Waals surface area (Å²) in [5.41, 5.74) is 7.05. The van der Waals surface area contributed by atoms with E-state index in [9.17, 15) is 4.79 Å². The number of anilines is 2. The van der Waals surface area contributed by atoms with E-state index in [0.29, 0.717) is 18.0 Å². The minimum Gasteiger partial charge on any atom is -0.479 e. The molecular formula is C12H20N4O2. The summed E-state index contributed by atoms with van der Waals surface area (Å²) in [7, 11) is 5.27. The lowest BCUT2D eigenvalue weighted by molar-refractivity contribution is -0.117. The van der Waals surface area contributed by atoms with Gasteiger partial charge in [-0.25, -0.2) is 4.98 Å². The minimum atomic E-state index is -0.537. The summed E-state index contributed by atoms with van der Waals surface area (Å²) < 4.78 is 5.16. The average molecular weight is 252 g/mol. The Morgan fingerprint density at radius 1 is 1.61 bits per heavy atom. The maximum Gasteiger partial charge on any atom is 0.241 e. The molecule has 0 aliphatic rings. The van der Waals surface area contributed by atoms with Gasteiger partial charge >= 0.3 is 0 Å². The molecule has 1 amide bonds. The Balaban J connectivity index is 3.08. The van der Waals surface area contributed by atoms with Crippen LogP contribution in [0.3, 0.4) is 0 Å². The van der Waals surface area contributed by atoms with Crippen LogP contribution >= 0.6 is 0 Å². The molecule has 1 aromatic rings. The smallest absolute Gasteiger partial charge is 0.241 e. The van der Waals surface area contributed by atoms with Crippen molar-refractivity contribution < 1.29 is 9.53 Å². The Bertz CT molecular complexity index is 421. The summed E-state index contributed by atoms with van der Waals surface area (Å²) in [4.78, 5) is 17.8. The van der Waals surface area contributed by atoms with E-state index in [4.69, 9.17) is 10.5 Å². The quantitative estimate of drug-likeness (QED) is 0.811. The fourth-order valence-corrected chi connectivity index (χ4v) is 1.48. The number of nitrogens with zero attached hydrogens (tertiary/aromatic N) is 2. The summed E-state index contributed by atoms with van der Waals surface area (Å²) in [5.74, 6) is 0.129. The normalized spacial score (nSPS) is 11.8. The van der Waals surface area contributed by atoms with Gasteiger partial charge in [0.2, 0.25) is 11.8 Å². The SMILES string of the molecule is CC[C@@H](N)C(=O)Nc1c(N(C)C)ccnc1OC. The molecule has 0 aliphatic heterocycles. The number of nitrogens with one attached hydrogen (secondary N) is 1. The number of aromatic nitrogens is 1. The highest BCUT2D eigenvalue weighted by molar-refractivity contribution is 5.98. The van der Waals surface area contributed by atoms with Crippen molar-refractivity contribution in [3.8, 4) is 5.88 Å². The molecule has 100 valence electrons. The van der Waals surface area contributed by atoms with Crippen LogP contribution in [0.5, 0.6) is 5.88 Å². The number of carbonyl (C=O) groups is 1. The number of rotatable bonds is 5. The number of amides is 1. The standard InChI is InChI=1S/C12H20N4O2/c1-5-8(13)11(17)15-10-9(16(2)3)6-7-14-12(10)18-4/h6-8H,5,13H2,1-4H3,(H,15,17)/t8-/m1/s1. The van der Waals surface area contributed by atoms with Gasteiger partial charge in [0.25, 0.3) is 0 Å². The van der Waals surface area contributed by atoms with E-state index in [-0.39, 0.29) is 5.91 Å². The molecule has 0 saturated carbocycles. The van der Waals surface area contributed by atoms with E-state index < -0.39 is 6.04 Å². The molecule has 0 fully saturated rings. The molecular weight excluding hydrogens is 232 g/mol. The van der Waals surface area contributed by atoms with Gasteiger partial charge in [-0.3, -0.25) is 4.79 Å². The monoisotopic (exact) mass is 252 g/mol. The Hall–Kier alpha value is -1.82. The van der Waals surface area contributed by atoms with Crippen molar-refractivity contribution >= 4 is 17.3 Å². The number of carbonyl (C=O) groups excluding carboxylic acids is 1. The number of methoxy groups -OCH3 is 1. The summed E-state index contributed by atoms with van der Waals surface area (Å²) in [6, 6.07) is 1.26. The lowest BCUT2D eigenvalue weighted by Crippen LogP contribution is -2.35. The lowest BCUT2D eigenvalue weighted by atomic mass is 10.2. The Kier molecular flexibility index (Phi) is 4.91. The predicted molar refractivity (Wildman–Crippen MR) is 72.0 cm³/mol. The van der Waals surface area contributed by atoms with Gasteiger partial charge in [-0.1, -0.05) is 6.92 Å². The highest BCUT2D eigenvalue weighted by atomic mass is 16.5. The summed E-state index contributed by atoms with van der Waals surface area (Å²) in [5, 5.41) is 2.77. The number of hydrogen-bond donors (Lipinski definition) is 2. The molecule has 0 aliphatic carbocycles. The third-order valence-corrected chi connectivity index (χ3v) is 2.59. The van der Waals surface area contributed by atoms with Crippen molar-refractivity contribution in [1.82, 2.24) is 4.98 Å². The number of pyridine rings is 1. The minimum absolute atomic E-state index is 0.244. The highest BCUT2D eigenvalue weighted by Crippen LogP contribution is 2.31. The van der Waals surface area contributed by atoms with Crippen LogP contribution in [-0.2, 0) is 4.79 Å². The molecule has 1 heterocycles. The van der Waals surface area contributed by atoms with E-state index in [0.717, 1.165) is 5.69 Å². The molecule has 0 bridgehead atoms. The molecule has 6 nitrogen and oxygen atoms in total. The number of hydrogen-bond acceptors (Lipinski definition) is 5. The zero-order chi connectivity index (χ0) is 13.7. The molecule has 1 aromatic heterocycles. The fraction of sp³-hybridized carbons (Fsp3) is 0.500. The van der Waals surface area contributed by atoms with Crippen LogP contribution < -0.4 is 20.7 Å². The van der Waals surface area contributed by atoms with Crippen LogP contribution in [0.2, 0.25) is 0 Å². The third-order valence-electron chi connectivity index (χ3n) is 2.59. The first-order valence-corrected chi connectivity index (χ1v) is 5.78. The largest absolute Gasteiger partial charge is 0.479 e. The van der Waals surface area contributed by atoms with Crippen LogP contribution in [0.25, 0.3) is 0 Å². The zero-order valence-corrected chi connectivity index (χ0v) is 11.2. The van der Waals surface area contributed by atoms with Gasteiger partial charge in [0, 0.05) is 20.3 Å². The van der Waals surface area contributed by atoms with E-state index in [1.165, 1.54) is 7.11 Å². The van der Waals surface area contributed by atoms with Crippen molar-refractivity contribution in [2.24, 2.45) is 5.73 Å². The van der Waals surface area contributed by atoms with Gasteiger partial charge in [-0.15, -0.1) is 0 Å². The lowest BCUT2D eigenvalue weighted by Gasteiger charge is -2.20. The maximum absolute atomic E-state index is 11.8. The second kappa shape index (κ2) is 6.20. The zero-order valence-electron chi connectivity index (χ0n) is 11.2. The molecule has 0 saturated heterocycles. The van der Waals surface area contributed by atoms with Crippen LogP contribution in [0.4, 0.5) is 11.4 Å². The molecule has 0 spiro atoms. The van der Waals surface area contributed by atoms with Gasteiger partial charge in [0.15, 0.2) is 0 Å². The molecule has 1 rings (SSSR count). The second-order valence-electron chi connectivity index (χ2n) is 4.11. The molecule has 3 N–H and O–H groups in total. The molecule has 6 heteroatoms. The fourth-order valence-electron chi connectivity index (χ4n) is 1.48. The first kappa shape index (κ1) is 14.2. The van der Waals surface area contributed by atoms with E-state index >= 15 is 0 Å². The van der Waals surface area contributed by atoms with Gasteiger partial charge in [0.1, 0.15) is 5.69 Å². The van der Waals surface area contributed by atoms with Crippen LogP contribution in [0.1, 0.15) is 13.3 Å².